The molecule has 0 aromatic carbocycles. The lowest BCUT2D eigenvalue weighted by atomic mass is 10.0. The molecule has 2 N–H and O–H groups in total. The Kier molecular flexibility index (Phi) is 3.96. The highest BCUT2D eigenvalue weighted by Crippen LogP contribution is 2.27. The van der Waals surface area contributed by atoms with Crippen LogP contribution in [0, 0.1) is 5.92 Å². The second-order valence-electron chi connectivity index (χ2n) is 4.77. The molecule has 0 aliphatic heterocycles. The highest BCUT2D eigenvalue weighted by Gasteiger charge is 2.22. The van der Waals surface area contributed by atoms with Crippen LogP contribution >= 0.6 is 0 Å². The first-order chi connectivity index (χ1) is 7.75. The predicted molar refractivity (Wildman–Crippen MR) is 62.9 cm³/mol. The minimum atomic E-state index is -0.181. The summed E-state index contributed by atoms with van der Waals surface area (Å²) in [6.45, 7) is 1.48. The van der Waals surface area contributed by atoms with Crippen molar-refractivity contribution in [3.63, 3.8) is 0 Å². The van der Waals surface area contributed by atoms with Crippen LogP contribution in [0.4, 0.5) is 0 Å². The Morgan fingerprint density at radius 1 is 1.56 bits per heavy atom. The average Bonchev–Trinajstić information content (AvgIpc) is 2.89. The van der Waals surface area contributed by atoms with Gasteiger partial charge in [0.1, 0.15) is 0 Å². The maximum Gasteiger partial charge on any atom is 0.0692 e. The number of nitrogens with one attached hydrogen (secondary N) is 1. The maximum atomic E-state index is 9.95. The number of aromatic nitrogens is 2. The Balaban J connectivity index is 1.67. The summed E-state index contributed by atoms with van der Waals surface area (Å²) in [5.74, 6) is 0.515. The molecular weight excluding hydrogens is 202 g/mol. The van der Waals surface area contributed by atoms with E-state index in [2.05, 4.69) is 10.4 Å². The molecule has 16 heavy (non-hydrogen) atoms. The van der Waals surface area contributed by atoms with Crippen LogP contribution < -0.4 is 5.32 Å². The van der Waals surface area contributed by atoms with Crippen molar-refractivity contribution in [2.45, 2.75) is 38.3 Å². The zero-order valence-corrected chi connectivity index (χ0v) is 9.89. The standard InChI is InChI=1S/C12H21N3O/c1-15-9-10(7-14-15)6-13-8-12(16)11-4-2-3-5-11/h7,9,11-13,16H,2-6,8H2,1H3. The van der Waals surface area contributed by atoms with Crippen molar-refractivity contribution < 1.29 is 5.11 Å². The van der Waals surface area contributed by atoms with Crippen LogP contribution in [0.2, 0.25) is 0 Å². The number of aryl methyl sites for hydroxylation is 1. The predicted octanol–water partition coefficient (Wildman–Crippen LogP) is 1.06. The fourth-order valence-electron chi connectivity index (χ4n) is 2.44. The van der Waals surface area contributed by atoms with Gasteiger partial charge in [0.25, 0.3) is 0 Å². The molecule has 90 valence electrons. The van der Waals surface area contributed by atoms with E-state index in [0.717, 1.165) is 6.54 Å². The van der Waals surface area contributed by atoms with Gasteiger partial charge in [-0.3, -0.25) is 4.68 Å². The van der Waals surface area contributed by atoms with Crippen molar-refractivity contribution in [3.8, 4) is 0 Å². The lowest BCUT2D eigenvalue weighted by Crippen LogP contribution is -2.31. The third kappa shape index (κ3) is 3.06. The molecule has 2 rings (SSSR count). The molecule has 1 aliphatic rings. The van der Waals surface area contributed by atoms with Gasteiger partial charge in [0.05, 0.1) is 12.3 Å². The molecule has 1 atom stereocenters. The summed E-state index contributed by atoms with van der Waals surface area (Å²) >= 11 is 0. The van der Waals surface area contributed by atoms with E-state index < -0.39 is 0 Å². The van der Waals surface area contributed by atoms with E-state index in [-0.39, 0.29) is 6.10 Å². The molecule has 1 aliphatic carbocycles. The second kappa shape index (κ2) is 5.46. The lowest BCUT2D eigenvalue weighted by Gasteiger charge is -2.17. The quantitative estimate of drug-likeness (QED) is 0.785. The Labute approximate surface area is 96.7 Å². The molecule has 0 spiro atoms. The summed E-state index contributed by atoms with van der Waals surface area (Å²) in [5, 5.41) is 17.3. The first-order valence-corrected chi connectivity index (χ1v) is 6.12. The molecule has 1 unspecified atom stereocenters. The van der Waals surface area contributed by atoms with E-state index in [0.29, 0.717) is 12.5 Å². The summed E-state index contributed by atoms with van der Waals surface area (Å²) in [7, 11) is 1.91. The molecule has 4 nitrogen and oxygen atoms in total. The van der Waals surface area contributed by atoms with Gasteiger partial charge >= 0.3 is 0 Å². The number of hydrogen-bond donors (Lipinski definition) is 2. The van der Waals surface area contributed by atoms with Gasteiger partial charge in [-0.1, -0.05) is 12.8 Å². The highest BCUT2D eigenvalue weighted by molar-refractivity contribution is 5.02. The SMILES string of the molecule is Cn1cc(CNCC(O)C2CCCC2)cn1. The lowest BCUT2D eigenvalue weighted by molar-refractivity contribution is 0.109. The summed E-state index contributed by atoms with van der Waals surface area (Å²) < 4.78 is 1.80. The van der Waals surface area contributed by atoms with Gasteiger partial charge in [0, 0.05) is 31.9 Å². The molecule has 1 heterocycles. The van der Waals surface area contributed by atoms with E-state index in [4.69, 9.17) is 0 Å². The first kappa shape index (κ1) is 11.6. The number of aliphatic hydroxyl groups excluding tert-OH is 1. The van der Waals surface area contributed by atoms with E-state index in [1.54, 1.807) is 4.68 Å². The van der Waals surface area contributed by atoms with Crippen molar-refractivity contribution in [1.82, 2.24) is 15.1 Å². The Morgan fingerprint density at radius 3 is 2.94 bits per heavy atom. The van der Waals surface area contributed by atoms with E-state index in [1.807, 2.05) is 19.4 Å². The van der Waals surface area contributed by atoms with Crippen LogP contribution in [0.25, 0.3) is 0 Å². The fraction of sp³-hybridized carbons (Fsp3) is 0.750. The zero-order valence-electron chi connectivity index (χ0n) is 9.89. The molecule has 1 aromatic rings. The van der Waals surface area contributed by atoms with Crippen molar-refractivity contribution in [3.05, 3.63) is 18.0 Å². The Morgan fingerprint density at radius 2 is 2.31 bits per heavy atom. The van der Waals surface area contributed by atoms with Crippen LogP contribution in [0.15, 0.2) is 12.4 Å². The molecule has 1 fully saturated rings. The van der Waals surface area contributed by atoms with E-state index in [1.165, 1.54) is 31.2 Å². The van der Waals surface area contributed by atoms with Gasteiger partial charge in [-0.05, 0) is 18.8 Å². The molecule has 0 saturated heterocycles. The first-order valence-electron chi connectivity index (χ1n) is 6.12. The molecule has 1 aromatic heterocycles. The number of hydrogen-bond acceptors (Lipinski definition) is 3. The summed E-state index contributed by atoms with van der Waals surface area (Å²) in [6.07, 6.45) is 8.61. The third-order valence-corrected chi connectivity index (χ3v) is 3.38. The third-order valence-electron chi connectivity index (χ3n) is 3.38. The Bertz CT molecular complexity index is 318. The monoisotopic (exact) mass is 223 g/mol. The van der Waals surface area contributed by atoms with Gasteiger partial charge in [0.2, 0.25) is 0 Å². The van der Waals surface area contributed by atoms with Gasteiger partial charge in [-0.2, -0.15) is 5.10 Å². The van der Waals surface area contributed by atoms with Crippen molar-refractivity contribution in [2.75, 3.05) is 6.54 Å². The topological polar surface area (TPSA) is 50.1 Å². The van der Waals surface area contributed by atoms with Crippen molar-refractivity contribution >= 4 is 0 Å². The smallest absolute Gasteiger partial charge is 0.0692 e. The van der Waals surface area contributed by atoms with Crippen LogP contribution in [-0.2, 0) is 13.6 Å². The summed E-state index contributed by atoms with van der Waals surface area (Å²) in [5.41, 5.74) is 1.17. The maximum absolute atomic E-state index is 9.95. The van der Waals surface area contributed by atoms with Gasteiger partial charge in [0.15, 0.2) is 0 Å². The highest BCUT2D eigenvalue weighted by atomic mass is 16.3. The normalized spacial score (nSPS) is 19.1. The number of rotatable bonds is 5. The molecule has 0 amide bonds. The number of aliphatic hydroxyl groups is 1. The number of nitrogens with zero attached hydrogens (tertiary/aromatic N) is 2. The summed E-state index contributed by atoms with van der Waals surface area (Å²) in [6, 6.07) is 0. The molecule has 0 radical (unpaired) electrons. The van der Waals surface area contributed by atoms with Crippen LogP contribution in [0.1, 0.15) is 31.2 Å². The molecular formula is C12H21N3O. The minimum Gasteiger partial charge on any atom is -0.392 e. The minimum absolute atomic E-state index is 0.181. The Hall–Kier alpha value is -0.870. The van der Waals surface area contributed by atoms with Gasteiger partial charge in [-0.25, -0.2) is 0 Å². The van der Waals surface area contributed by atoms with Crippen molar-refractivity contribution in [2.24, 2.45) is 13.0 Å². The van der Waals surface area contributed by atoms with Crippen LogP contribution in [0.5, 0.6) is 0 Å². The largest absolute Gasteiger partial charge is 0.392 e. The van der Waals surface area contributed by atoms with Crippen LogP contribution in [0.3, 0.4) is 0 Å². The zero-order chi connectivity index (χ0) is 11.4. The molecule has 1 saturated carbocycles. The van der Waals surface area contributed by atoms with Gasteiger partial charge in [-0.15, -0.1) is 0 Å². The second-order valence-corrected chi connectivity index (χ2v) is 4.77. The average molecular weight is 223 g/mol. The van der Waals surface area contributed by atoms with Crippen LogP contribution in [-0.4, -0.2) is 27.5 Å². The fourth-order valence-corrected chi connectivity index (χ4v) is 2.44. The summed E-state index contributed by atoms with van der Waals surface area (Å²) in [4.78, 5) is 0. The van der Waals surface area contributed by atoms with Gasteiger partial charge < -0.3 is 10.4 Å². The molecule has 4 heteroatoms. The van der Waals surface area contributed by atoms with E-state index >= 15 is 0 Å². The van der Waals surface area contributed by atoms with E-state index in [9.17, 15) is 5.11 Å². The van der Waals surface area contributed by atoms with Crippen molar-refractivity contribution in [1.29, 1.82) is 0 Å². The molecule has 0 bridgehead atoms.